The quantitative estimate of drug-likeness (QED) is 0.641. The third-order valence-corrected chi connectivity index (χ3v) is 2.22. The molecule has 0 amide bonds. The van der Waals surface area contributed by atoms with Gasteiger partial charge in [-0.3, -0.25) is 0 Å². The molecule has 1 fully saturated rings. The van der Waals surface area contributed by atoms with E-state index in [-0.39, 0.29) is 13.2 Å². The lowest BCUT2D eigenvalue weighted by molar-refractivity contribution is -0.187. The van der Waals surface area contributed by atoms with Crippen molar-refractivity contribution in [1.29, 1.82) is 0 Å². The Hall–Kier alpha value is -0.610. The van der Waals surface area contributed by atoms with Crippen LogP contribution in [0, 0.1) is 5.92 Å². The molecule has 0 atom stereocenters. The molecule has 0 spiro atoms. The number of aliphatic hydroxyl groups is 1. The third-order valence-electron chi connectivity index (χ3n) is 2.22. The summed E-state index contributed by atoms with van der Waals surface area (Å²) in [6, 6.07) is 0. The van der Waals surface area contributed by atoms with Gasteiger partial charge in [-0.2, -0.15) is 0 Å². The number of carbonyl (C=O) groups is 1. The average molecular weight is 174 g/mol. The third kappa shape index (κ3) is 1.59. The van der Waals surface area contributed by atoms with E-state index in [1.54, 1.807) is 0 Å². The highest BCUT2D eigenvalue weighted by Crippen LogP contribution is 2.40. The van der Waals surface area contributed by atoms with Crippen LogP contribution in [0.5, 0.6) is 0 Å². The second kappa shape index (κ2) is 3.41. The van der Waals surface area contributed by atoms with E-state index in [9.17, 15) is 4.79 Å². The van der Waals surface area contributed by atoms with Gasteiger partial charge in [0.05, 0.1) is 13.2 Å². The minimum Gasteiger partial charge on any atom is -0.479 e. The summed E-state index contributed by atoms with van der Waals surface area (Å²) in [7, 11) is 0. The van der Waals surface area contributed by atoms with Gasteiger partial charge in [-0.15, -0.1) is 0 Å². The fourth-order valence-corrected chi connectivity index (χ4v) is 1.66. The van der Waals surface area contributed by atoms with Gasteiger partial charge in [0.2, 0.25) is 0 Å². The normalized spacial score (nSPS) is 34.3. The largest absolute Gasteiger partial charge is 0.479 e. The van der Waals surface area contributed by atoms with Crippen LogP contribution in [0.4, 0.5) is 0 Å². The molecule has 0 aromatic rings. The molecule has 4 heteroatoms. The van der Waals surface area contributed by atoms with E-state index >= 15 is 0 Å². The summed E-state index contributed by atoms with van der Waals surface area (Å²) < 4.78 is 5.10. The summed E-state index contributed by atoms with van der Waals surface area (Å²) in [5.74, 6) is -0.492. The average Bonchev–Trinajstić information content (AvgIpc) is 1.95. The molecule has 0 radical (unpaired) electrons. The van der Waals surface area contributed by atoms with Crippen molar-refractivity contribution in [3.8, 4) is 0 Å². The Balaban J connectivity index is 2.45. The number of rotatable bonds is 4. The van der Waals surface area contributed by atoms with Crippen LogP contribution in [-0.4, -0.2) is 35.0 Å². The molecule has 0 aliphatic heterocycles. The van der Waals surface area contributed by atoms with Gasteiger partial charge in [-0.25, -0.2) is 4.79 Å². The van der Waals surface area contributed by atoms with E-state index in [4.69, 9.17) is 14.9 Å². The lowest BCUT2D eigenvalue weighted by atomic mass is 9.72. The van der Waals surface area contributed by atoms with Crippen LogP contribution in [0.25, 0.3) is 0 Å². The first-order valence-corrected chi connectivity index (χ1v) is 4.09. The second-order valence-electron chi connectivity index (χ2n) is 3.38. The molecule has 70 valence electrons. The number of aliphatic hydroxyl groups excluding tert-OH is 1. The first-order valence-electron chi connectivity index (χ1n) is 4.09. The molecule has 1 aliphatic carbocycles. The number of carboxylic acids is 1. The summed E-state index contributed by atoms with van der Waals surface area (Å²) in [6.45, 7) is 1.98. The monoisotopic (exact) mass is 174 g/mol. The van der Waals surface area contributed by atoms with Crippen molar-refractivity contribution >= 4 is 5.97 Å². The van der Waals surface area contributed by atoms with Gasteiger partial charge in [0.15, 0.2) is 5.60 Å². The fourth-order valence-electron chi connectivity index (χ4n) is 1.66. The number of ether oxygens (including phenoxy) is 1. The minimum atomic E-state index is -0.998. The van der Waals surface area contributed by atoms with E-state index in [2.05, 4.69) is 0 Å². The molecule has 0 unspecified atom stereocenters. The Morgan fingerprint density at radius 2 is 2.25 bits per heavy atom. The highest BCUT2D eigenvalue weighted by molar-refractivity contribution is 5.78. The van der Waals surface area contributed by atoms with Crippen molar-refractivity contribution in [1.82, 2.24) is 0 Å². The summed E-state index contributed by atoms with van der Waals surface area (Å²) >= 11 is 0. The number of carboxylic acid groups (broad SMARTS) is 1. The van der Waals surface area contributed by atoms with Crippen molar-refractivity contribution in [2.45, 2.75) is 25.4 Å². The number of aliphatic carboxylic acids is 1. The lowest BCUT2D eigenvalue weighted by Gasteiger charge is -2.42. The highest BCUT2D eigenvalue weighted by Gasteiger charge is 2.49. The van der Waals surface area contributed by atoms with Crippen LogP contribution >= 0.6 is 0 Å². The van der Waals surface area contributed by atoms with Gasteiger partial charge in [-0.1, -0.05) is 6.92 Å². The maximum absolute atomic E-state index is 10.7. The Kier molecular flexibility index (Phi) is 2.69. The van der Waals surface area contributed by atoms with Crippen molar-refractivity contribution in [3.05, 3.63) is 0 Å². The summed E-state index contributed by atoms with van der Waals surface area (Å²) in [4.78, 5) is 10.7. The zero-order valence-corrected chi connectivity index (χ0v) is 7.12. The molecule has 1 aliphatic rings. The van der Waals surface area contributed by atoms with Crippen LogP contribution in [0.3, 0.4) is 0 Å². The summed E-state index contributed by atoms with van der Waals surface area (Å²) in [6.07, 6.45) is 1.12. The zero-order valence-electron chi connectivity index (χ0n) is 7.12. The maximum Gasteiger partial charge on any atom is 0.335 e. The van der Waals surface area contributed by atoms with Crippen molar-refractivity contribution < 1.29 is 19.7 Å². The Morgan fingerprint density at radius 1 is 1.67 bits per heavy atom. The van der Waals surface area contributed by atoms with Crippen LogP contribution in [-0.2, 0) is 9.53 Å². The maximum atomic E-state index is 10.7. The SMILES string of the molecule is CC1CC(OCCO)(C(=O)O)C1. The van der Waals surface area contributed by atoms with Crippen LogP contribution in [0.15, 0.2) is 0 Å². The Labute approximate surface area is 71.2 Å². The fraction of sp³-hybridized carbons (Fsp3) is 0.875. The van der Waals surface area contributed by atoms with Crippen molar-refractivity contribution in [2.24, 2.45) is 5.92 Å². The topological polar surface area (TPSA) is 66.8 Å². The highest BCUT2D eigenvalue weighted by atomic mass is 16.5. The lowest BCUT2D eigenvalue weighted by Crippen LogP contribution is -2.52. The van der Waals surface area contributed by atoms with Crippen LogP contribution in [0.1, 0.15) is 19.8 Å². The van der Waals surface area contributed by atoms with Crippen molar-refractivity contribution in [3.63, 3.8) is 0 Å². The van der Waals surface area contributed by atoms with Gasteiger partial charge in [0, 0.05) is 0 Å². The molecule has 2 N–H and O–H groups in total. The van der Waals surface area contributed by atoms with E-state index in [1.165, 1.54) is 0 Å². The first-order chi connectivity index (χ1) is 5.60. The summed E-state index contributed by atoms with van der Waals surface area (Å²) in [5.41, 5.74) is -0.998. The van der Waals surface area contributed by atoms with Gasteiger partial charge in [0.25, 0.3) is 0 Å². The second-order valence-corrected chi connectivity index (χ2v) is 3.38. The molecule has 1 saturated carbocycles. The standard InChI is InChI=1S/C8H14O4/c1-6-4-8(5-6,7(10)11)12-3-2-9/h6,9H,2-5H2,1H3,(H,10,11). The Morgan fingerprint density at radius 3 is 2.58 bits per heavy atom. The molecule has 0 aromatic carbocycles. The van der Waals surface area contributed by atoms with Crippen molar-refractivity contribution in [2.75, 3.05) is 13.2 Å². The predicted octanol–water partition coefficient (Wildman–Crippen LogP) is 0.249. The van der Waals surface area contributed by atoms with E-state index in [0.717, 1.165) is 0 Å². The molecule has 0 saturated heterocycles. The van der Waals surface area contributed by atoms with Crippen LogP contribution in [0.2, 0.25) is 0 Å². The number of hydrogen-bond acceptors (Lipinski definition) is 3. The molecule has 1 rings (SSSR count). The first kappa shape index (κ1) is 9.48. The molecule has 0 bridgehead atoms. The van der Waals surface area contributed by atoms with Gasteiger partial charge in [0.1, 0.15) is 0 Å². The van der Waals surface area contributed by atoms with Crippen LogP contribution < -0.4 is 0 Å². The summed E-state index contributed by atoms with van der Waals surface area (Å²) in [5, 5.41) is 17.3. The smallest absolute Gasteiger partial charge is 0.335 e. The predicted molar refractivity (Wildman–Crippen MR) is 41.8 cm³/mol. The minimum absolute atomic E-state index is 0.110. The number of hydrogen-bond donors (Lipinski definition) is 2. The van der Waals surface area contributed by atoms with E-state index in [1.807, 2.05) is 6.92 Å². The Bertz CT molecular complexity index is 172. The molecule has 0 heterocycles. The molecule has 12 heavy (non-hydrogen) atoms. The van der Waals surface area contributed by atoms with E-state index in [0.29, 0.717) is 18.8 Å². The van der Waals surface area contributed by atoms with Gasteiger partial charge >= 0.3 is 5.97 Å². The zero-order chi connectivity index (χ0) is 9.19. The molecule has 4 nitrogen and oxygen atoms in total. The van der Waals surface area contributed by atoms with E-state index < -0.39 is 11.6 Å². The van der Waals surface area contributed by atoms with Gasteiger partial charge in [-0.05, 0) is 18.8 Å². The molecular weight excluding hydrogens is 160 g/mol. The molecular formula is C8H14O4. The van der Waals surface area contributed by atoms with Gasteiger partial charge < -0.3 is 14.9 Å². The molecule has 0 aromatic heterocycles.